The van der Waals surface area contributed by atoms with E-state index in [9.17, 15) is 4.79 Å². The normalized spacial score (nSPS) is 19.7. The molecule has 2 aliphatic rings. The Morgan fingerprint density at radius 2 is 2.00 bits per heavy atom. The maximum absolute atomic E-state index is 13.5. The van der Waals surface area contributed by atoms with Gasteiger partial charge < -0.3 is 19.1 Å². The van der Waals surface area contributed by atoms with Crippen LogP contribution in [0.2, 0.25) is 0 Å². The van der Waals surface area contributed by atoms with Crippen molar-refractivity contribution < 1.29 is 19.0 Å². The summed E-state index contributed by atoms with van der Waals surface area (Å²) in [5, 5.41) is 7.59. The summed E-state index contributed by atoms with van der Waals surface area (Å²) in [6.45, 7) is 5.83. The highest BCUT2D eigenvalue weighted by atomic mass is 16.5. The van der Waals surface area contributed by atoms with Crippen molar-refractivity contribution in [1.29, 1.82) is 0 Å². The maximum Gasteiger partial charge on any atom is 0.273 e. The van der Waals surface area contributed by atoms with Crippen molar-refractivity contribution in [1.82, 2.24) is 15.1 Å². The van der Waals surface area contributed by atoms with E-state index in [2.05, 4.69) is 41.4 Å². The first-order valence-electron chi connectivity index (χ1n) is 11.5. The maximum atomic E-state index is 13.5. The molecule has 3 heterocycles. The van der Waals surface area contributed by atoms with E-state index < -0.39 is 0 Å². The van der Waals surface area contributed by atoms with E-state index in [-0.39, 0.29) is 18.1 Å². The molecule has 2 unspecified atom stereocenters. The molecule has 0 aliphatic carbocycles. The Balaban J connectivity index is 1.62. The number of nitrogens with zero attached hydrogens (tertiary/aromatic N) is 2. The van der Waals surface area contributed by atoms with E-state index in [0.717, 1.165) is 41.8 Å². The zero-order valence-electron chi connectivity index (χ0n) is 19.3. The molecule has 1 fully saturated rings. The van der Waals surface area contributed by atoms with Crippen LogP contribution in [0.25, 0.3) is 11.3 Å². The van der Waals surface area contributed by atoms with Crippen LogP contribution in [0, 0.1) is 6.92 Å². The summed E-state index contributed by atoms with van der Waals surface area (Å²) >= 11 is 0. The zero-order valence-corrected chi connectivity index (χ0v) is 19.3. The van der Waals surface area contributed by atoms with Crippen LogP contribution in [0.1, 0.15) is 53.0 Å². The van der Waals surface area contributed by atoms with Crippen LogP contribution in [-0.2, 0) is 4.74 Å². The highest BCUT2D eigenvalue weighted by Gasteiger charge is 2.43. The fourth-order valence-electron chi connectivity index (χ4n) is 4.80. The summed E-state index contributed by atoms with van der Waals surface area (Å²) in [7, 11) is 1.63. The summed E-state index contributed by atoms with van der Waals surface area (Å²) in [4.78, 5) is 15.4. The number of carbonyl (C=O) groups is 1. The van der Waals surface area contributed by atoms with E-state index in [1.165, 1.54) is 5.56 Å². The van der Waals surface area contributed by atoms with Gasteiger partial charge in [0.25, 0.3) is 5.91 Å². The van der Waals surface area contributed by atoms with E-state index in [1.54, 1.807) is 7.11 Å². The second-order valence-electron chi connectivity index (χ2n) is 8.57. The first kappa shape index (κ1) is 21.5. The molecule has 1 saturated heterocycles. The third kappa shape index (κ3) is 3.86. The highest BCUT2D eigenvalue weighted by molar-refractivity contribution is 6.00. The fraction of sp³-hybridized carbons (Fsp3) is 0.385. The number of rotatable bonds is 7. The Labute approximate surface area is 193 Å². The lowest BCUT2D eigenvalue weighted by atomic mass is 9.95. The first-order chi connectivity index (χ1) is 16.1. The van der Waals surface area contributed by atoms with Gasteiger partial charge in [0.15, 0.2) is 11.5 Å². The van der Waals surface area contributed by atoms with Gasteiger partial charge in [0, 0.05) is 24.3 Å². The van der Waals surface area contributed by atoms with E-state index in [0.29, 0.717) is 30.3 Å². The standard InChI is InChI=1S/C26H29N3O4/c1-4-32-20-12-11-18(14-21(20)31-3)25-22-23(17-9-7-16(2)8-10-17)27-28-24(22)26(30)29(25)15-19-6-5-13-33-19/h7-12,14,19,25H,4-6,13,15H2,1-3H3,(H,27,28). The lowest BCUT2D eigenvalue weighted by Crippen LogP contribution is -2.36. The second kappa shape index (κ2) is 8.90. The molecule has 2 aromatic carbocycles. The zero-order chi connectivity index (χ0) is 22.9. The Morgan fingerprint density at radius 3 is 2.70 bits per heavy atom. The van der Waals surface area contributed by atoms with E-state index in [4.69, 9.17) is 14.2 Å². The van der Waals surface area contributed by atoms with Crippen LogP contribution in [0.15, 0.2) is 42.5 Å². The highest BCUT2D eigenvalue weighted by Crippen LogP contribution is 2.45. The van der Waals surface area contributed by atoms with Crippen molar-refractivity contribution >= 4 is 5.91 Å². The number of benzene rings is 2. The quantitative estimate of drug-likeness (QED) is 0.576. The molecular formula is C26H29N3O4. The van der Waals surface area contributed by atoms with Gasteiger partial charge in [-0.2, -0.15) is 5.10 Å². The van der Waals surface area contributed by atoms with Gasteiger partial charge in [-0.05, 0) is 44.4 Å². The van der Waals surface area contributed by atoms with Crippen molar-refractivity contribution in [2.75, 3.05) is 26.9 Å². The Bertz CT molecular complexity index is 1150. The molecule has 2 atom stereocenters. The molecule has 5 rings (SSSR count). The van der Waals surface area contributed by atoms with Gasteiger partial charge in [-0.3, -0.25) is 9.89 Å². The number of nitrogens with one attached hydrogen (secondary N) is 1. The summed E-state index contributed by atoms with van der Waals surface area (Å²) in [6.07, 6.45) is 2.02. The van der Waals surface area contributed by atoms with Gasteiger partial charge in [0.05, 0.1) is 31.6 Å². The number of hydrogen-bond acceptors (Lipinski definition) is 5. The SMILES string of the molecule is CCOc1ccc(C2c3c(-c4ccc(C)cc4)n[nH]c3C(=O)N2CC2CCCO2)cc1OC. The van der Waals surface area contributed by atoms with Gasteiger partial charge in [-0.15, -0.1) is 0 Å². The predicted octanol–water partition coefficient (Wildman–Crippen LogP) is 4.52. The molecule has 1 aromatic heterocycles. The number of carbonyl (C=O) groups excluding carboxylic acids is 1. The van der Waals surface area contributed by atoms with E-state index in [1.807, 2.05) is 30.0 Å². The monoisotopic (exact) mass is 447 g/mol. The molecule has 1 amide bonds. The minimum absolute atomic E-state index is 0.0424. The van der Waals surface area contributed by atoms with Gasteiger partial charge in [0.1, 0.15) is 5.69 Å². The Morgan fingerprint density at radius 1 is 1.18 bits per heavy atom. The molecule has 1 N–H and O–H groups in total. The second-order valence-corrected chi connectivity index (χ2v) is 8.57. The number of amides is 1. The summed E-state index contributed by atoms with van der Waals surface area (Å²) < 4.78 is 17.2. The van der Waals surface area contributed by atoms with Crippen LogP contribution in [-0.4, -0.2) is 54.0 Å². The van der Waals surface area contributed by atoms with Crippen LogP contribution in [0.3, 0.4) is 0 Å². The van der Waals surface area contributed by atoms with Gasteiger partial charge in [-0.1, -0.05) is 35.9 Å². The van der Waals surface area contributed by atoms with E-state index >= 15 is 0 Å². The molecular weight excluding hydrogens is 418 g/mol. The van der Waals surface area contributed by atoms with Crippen molar-refractivity contribution in [3.05, 3.63) is 64.8 Å². The fourth-order valence-corrected chi connectivity index (χ4v) is 4.80. The molecule has 33 heavy (non-hydrogen) atoms. The average Bonchev–Trinajstić information content (AvgIpc) is 3.55. The number of fused-ring (bicyclic) bond motifs is 1. The van der Waals surface area contributed by atoms with Crippen molar-refractivity contribution in [3.8, 4) is 22.8 Å². The number of aryl methyl sites for hydroxylation is 1. The number of aromatic amines is 1. The summed E-state index contributed by atoms with van der Waals surface area (Å²) in [6, 6.07) is 13.8. The van der Waals surface area contributed by atoms with Gasteiger partial charge >= 0.3 is 0 Å². The number of hydrogen-bond donors (Lipinski definition) is 1. The average molecular weight is 448 g/mol. The molecule has 2 aliphatic heterocycles. The number of H-pyrrole nitrogens is 1. The van der Waals surface area contributed by atoms with Crippen LogP contribution >= 0.6 is 0 Å². The third-order valence-electron chi connectivity index (χ3n) is 6.42. The summed E-state index contributed by atoms with van der Waals surface area (Å²) in [5.41, 5.74) is 5.35. The smallest absolute Gasteiger partial charge is 0.273 e. The topological polar surface area (TPSA) is 76.7 Å². The predicted molar refractivity (Wildman–Crippen MR) is 125 cm³/mol. The first-order valence-corrected chi connectivity index (χ1v) is 11.5. The third-order valence-corrected chi connectivity index (χ3v) is 6.42. The minimum Gasteiger partial charge on any atom is -0.493 e. The molecule has 7 heteroatoms. The van der Waals surface area contributed by atoms with Crippen LogP contribution < -0.4 is 9.47 Å². The Hall–Kier alpha value is -3.32. The molecule has 172 valence electrons. The molecule has 7 nitrogen and oxygen atoms in total. The van der Waals surface area contributed by atoms with Gasteiger partial charge in [-0.25, -0.2) is 0 Å². The molecule has 0 saturated carbocycles. The van der Waals surface area contributed by atoms with Crippen LogP contribution in [0.4, 0.5) is 0 Å². The van der Waals surface area contributed by atoms with Crippen molar-refractivity contribution in [2.24, 2.45) is 0 Å². The van der Waals surface area contributed by atoms with Crippen molar-refractivity contribution in [2.45, 2.75) is 38.8 Å². The largest absolute Gasteiger partial charge is 0.493 e. The molecule has 0 bridgehead atoms. The van der Waals surface area contributed by atoms with Crippen molar-refractivity contribution in [3.63, 3.8) is 0 Å². The van der Waals surface area contributed by atoms with Gasteiger partial charge in [0.2, 0.25) is 0 Å². The Kier molecular flexibility index (Phi) is 5.81. The summed E-state index contributed by atoms with van der Waals surface area (Å²) in [5.74, 6) is 1.28. The van der Waals surface area contributed by atoms with Crippen LogP contribution in [0.5, 0.6) is 11.5 Å². The lowest BCUT2D eigenvalue weighted by molar-refractivity contribution is 0.0495. The number of methoxy groups -OCH3 is 1. The number of aromatic nitrogens is 2. The lowest BCUT2D eigenvalue weighted by Gasteiger charge is -2.29. The number of ether oxygens (including phenoxy) is 3. The molecule has 3 aromatic rings. The minimum atomic E-state index is -0.295. The molecule has 0 radical (unpaired) electrons. The molecule has 0 spiro atoms.